The fourth-order valence-corrected chi connectivity index (χ4v) is 2.98. The number of fused-ring (bicyclic) bond motifs is 1. The first-order valence-electron chi connectivity index (χ1n) is 5.41. The lowest BCUT2D eigenvalue weighted by Gasteiger charge is -2.16. The van der Waals surface area contributed by atoms with Crippen molar-refractivity contribution in [3.63, 3.8) is 0 Å². The van der Waals surface area contributed by atoms with E-state index >= 15 is 0 Å². The van der Waals surface area contributed by atoms with Crippen molar-refractivity contribution in [1.29, 1.82) is 0 Å². The molecule has 0 fully saturated rings. The SMILES string of the molecule is ClCCNCc1ccc2c(c1)CCCS2. The summed E-state index contributed by atoms with van der Waals surface area (Å²) in [6.07, 6.45) is 2.56. The van der Waals surface area contributed by atoms with E-state index in [4.69, 9.17) is 11.6 Å². The molecule has 1 nitrogen and oxygen atoms in total. The Bertz CT molecular complexity index is 327. The number of alkyl halides is 1. The summed E-state index contributed by atoms with van der Waals surface area (Å²) in [6.45, 7) is 1.82. The van der Waals surface area contributed by atoms with Crippen LogP contribution in [0.3, 0.4) is 0 Å². The number of benzene rings is 1. The summed E-state index contributed by atoms with van der Waals surface area (Å²) < 4.78 is 0. The molecule has 3 heteroatoms. The molecule has 0 radical (unpaired) electrons. The van der Waals surface area contributed by atoms with Gasteiger partial charge in [-0.1, -0.05) is 12.1 Å². The van der Waals surface area contributed by atoms with E-state index in [0.29, 0.717) is 5.88 Å². The van der Waals surface area contributed by atoms with Crippen molar-refractivity contribution >= 4 is 23.4 Å². The van der Waals surface area contributed by atoms with Crippen LogP contribution in [-0.2, 0) is 13.0 Å². The van der Waals surface area contributed by atoms with Crippen LogP contribution in [0.4, 0.5) is 0 Å². The minimum absolute atomic E-state index is 0.681. The molecular formula is C12H16ClNS. The lowest BCUT2D eigenvalue weighted by atomic mass is 10.1. The Morgan fingerprint density at radius 2 is 2.33 bits per heavy atom. The van der Waals surface area contributed by atoms with Gasteiger partial charge in [-0.05, 0) is 35.8 Å². The van der Waals surface area contributed by atoms with Gasteiger partial charge in [0.1, 0.15) is 0 Å². The highest BCUT2D eigenvalue weighted by atomic mass is 35.5. The number of halogens is 1. The van der Waals surface area contributed by atoms with E-state index in [1.807, 2.05) is 11.8 Å². The minimum Gasteiger partial charge on any atom is -0.311 e. The van der Waals surface area contributed by atoms with E-state index in [9.17, 15) is 0 Å². The Labute approximate surface area is 101 Å². The molecule has 1 N–H and O–H groups in total. The van der Waals surface area contributed by atoms with Crippen molar-refractivity contribution in [1.82, 2.24) is 5.32 Å². The highest BCUT2D eigenvalue weighted by molar-refractivity contribution is 7.99. The summed E-state index contributed by atoms with van der Waals surface area (Å²) in [6, 6.07) is 6.82. The van der Waals surface area contributed by atoms with Gasteiger partial charge in [-0.25, -0.2) is 0 Å². The number of hydrogen-bond acceptors (Lipinski definition) is 2. The van der Waals surface area contributed by atoms with Crippen LogP contribution < -0.4 is 5.32 Å². The Morgan fingerprint density at radius 1 is 1.40 bits per heavy atom. The first-order valence-corrected chi connectivity index (χ1v) is 6.93. The van der Waals surface area contributed by atoms with E-state index in [1.165, 1.54) is 34.6 Å². The maximum atomic E-state index is 5.62. The number of nitrogens with one attached hydrogen (secondary N) is 1. The van der Waals surface area contributed by atoms with Crippen molar-refractivity contribution in [2.24, 2.45) is 0 Å². The smallest absolute Gasteiger partial charge is 0.0348 e. The van der Waals surface area contributed by atoms with Gasteiger partial charge in [-0.15, -0.1) is 23.4 Å². The maximum absolute atomic E-state index is 5.62. The molecule has 82 valence electrons. The second-order valence-corrected chi connectivity index (χ2v) is 5.27. The molecule has 0 bridgehead atoms. The molecule has 1 aliphatic heterocycles. The van der Waals surface area contributed by atoms with Crippen LogP contribution in [0.2, 0.25) is 0 Å². The topological polar surface area (TPSA) is 12.0 Å². The number of rotatable bonds is 4. The zero-order valence-electron chi connectivity index (χ0n) is 8.76. The van der Waals surface area contributed by atoms with Crippen LogP contribution in [0.15, 0.2) is 23.1 Å². The fraction of sp³-hybridized carbons (Fsp3) is 0.500. The predicted molar refractivity (Wildman–Crippen MR) is 67.9 cm³/mol. The van der Waals surface area contributed by atoms with E-state index in [-0.39, 0.29) is 0 Å². The van der Waals surface area contributed by atoms with Gasteiger partial charge in [0.15, 0.2) is 0 Å². The van der Waals surface area contributed by atoms with Gasteiger partial charge >= 0.3 is 0 Å². The molecule has 0 amide bonds. The summed E-state index contributed by atoms with van der Waals surface area (Å²) in [4.78, 5) is 1.47. The van der Waals surface area contributed by atoms with Gasteiger partial charge in [0.05, 0.1) is 0 Å². The highest BCUT2D eigenvalue weighted by Crippen LogP contribution is 2.30. The maximum Gasteiger partial charge on any atom is 0.0348 e. The second kappa shape index (κ2) is 5.78. The normalized spacial score (nSPS) is 15.0. The summed E-state index contributed by atoms with van der Waals surface area (Å²) in [5.74, 6) is 1.96. The van der Waals surface area contributed by atoms with E-state index in [2.05, 4.69) is 23.5 Å². The summed E-state index contributed by atoms with van der Waals surface area (Å²) in [5.41, 5.74) is 2.90. The van der Waals surface area contributed by atoms with Crippen LogP contribution in [0.25, 0.3) is 0 Å². The van der Waals surface area contributed by atoms with Gasteiger partial charge in [0.25, 0.3) is 0 Å². The molecule has 1 aromatic carbocycles. The van der Waals surface area contributed by atoms with Crippen molar-refractivity contribution in [2.75, 3.05) is 18.2 Å². The molecule has 0 atom stereocenters. The molecule has 1 aliphatic rings. The van der Waals surface area contributed by atoms with Crippen molar-refractivity contribution in [3.8, 4) is 0 Å². The van der Waals surface area contributed by atoms with Crippen molar-refractivity contribution in [2.45, 2.75) is 24.3 Å². The van der Waals surface area contributed by atoms with Crippen LogP contribution in [0.5, 0.6) is 0 Å². The first kappa shape index (κ1) is 11.3. The quantitative estimate of drug-likeness (QED) is 0.643. The molecule has 0 unspecified atom stereocenters. The molecule has 0 aliphatic carbocycles. The van der Waals surface area contributed by atoms with Gasteiger partial charge in [-0.2, -0.15) is 0 Å². The molecule has 1 heterocycles. The standard InChI is InChI=1S/C12H16ClNS/c13-5-6-14-9-10-3-4-12-11(8-10)2-1-7-15-12/h3-4,8,14H,1-2,5-7,9H2. The zero-order valence-corrected chi connectivity index (χ0v) is 10.3. The Hall–Kier alpha value is -0.180. The highest BCUT2D eigenvalue weighted by Gasteiger charge is 2.09. The zero-order chi connectivity index (χ0) is 10.5. The Morgan fingerprint density at radius 3 is 3.20 bits per heavy atom. The molecule has 15 heavy (non-hydrogen) atoms. The van der Waals surface area contributed by atoms with Gasteiger partial charge in [0, 0.05) is 23.9 Å². The largest absolute Gasteiger partial charge is 0.311 e. The molecule has 0 saturated heterocycles. The third-order valence-electron chi connectivity index (χ3n) is 2.57. The average Bonchev–Trinajstić information content (AvgIpc) is 2.29. The van der Waals surface area contributed by atoms with Crippen LogP contribution in [-0.4, -0.2) is 18.2 Å². The number of hydrogen-bond donors (Lipinski definition) is 1. The van der Waals surface area contributed by atoms with Crippen LogP contribution in [0.1, 0.15) is 17.5 Å². The van der Waals surface area contributed by atoms with E-state index in [0.717, 1.165) is 13.1 Å². The lowest BCUT2D eigenvalue weighted by molar-refractivity contribution is 0.727. The first-order chi connectivity index (χ1) is 7.40. The van der Waals surface area contributed by atoms with Crippen molar-refractivity contribution < 1.29 is 0 Å². The Kier molecular flexibility index (Phi) is 4.36. The molecule has 1 aromatic rings. The van der Waals surface area contributed by atoms with Crippen LogP contribution in [0, 0.1) is 0 Å². The summed E-state index contributed by atoms with van der Waals surface area (Å²) in [7, 11) is 0. The molecular weight excluding hydrogens is 226 g/mol. The third-order valence-corrected chi connectivity index (χ3v) is 3.96. The van der Waals surface area contributed by atoms with Gasteiger partial charge in [0.2, 0.25) is 0 Å². The summed E-state index contributed by atoms with van der Waals surface area (Å²) >= 11 is 7.60. The fourth-order valence-electron chi connectivity index (χ4n) is 1.82. The van der Waals surface area contributed by atoms with Gasteiger partial charge in [-0.3, -0.25) is 0 Å². The molecule has 2 rings (SSSR count). The monoisotopic (exact) mass is 241 g/mol. The second-order valence-electron chi connectivity index (χ2n) is 3.76. The average molecular weight is 242 g/mol. The van der Waals surface area contributed by atoms with Crippen LogP contribution >= 0.6 is 23.4 Å². The van der Waals surface area contributed by atoms with Crippen molar-refractivity contribution in [3.05, 3.63) is 29.3 Å². The summed E-state index contributed by atoms with van der Waals surface area (Å²) in [5, 5.41) is 3.32. The number of thioether (sulfide) groups is 1. The Balaban J connectivity index is 2.00. The lowest BCUT2D eigenvalue weighted by Crippen LogP contribution is -2.16. The van der Waals surface area contributed by atoms with E-state index in [1.54, 1.807) is 0 Å². The molecule has 0 aromatic heterocycles. The molecule has 0 spiro atoms. The number of aryl methyl sites for hydroxylation is 1. The van der Waals surface area contributed by atoms with Gasteiger partial charge < -0.3 is 5.32 Å². The third kappa shape index (κ3) is 3.13. The minimum atomic E-state index is 0.681. The van der Waals surface area contributed by atoms with E-state index < -0.39 is 0 Å². The predicted octanol–water partition coefficient (Wildman–Crippen LogP) is 3.05. The molecule has 0 saturated carbocycles.